The number of hydrogen-bond acceptors (Lipinski definition) is 1. The van der Waals surface area contributed by atoms with Crippen LogP contribution in [0.25, 0.3) is 0 Å². The van der Waals surface area contributed by atoms with Crippen LogP contribution in [0.1, 0.15) is 61.1 Å². The van der Waals surface area contributed by atoms with Crippen molar-refractivity contribution in [3.05, 3.63) is 0 Å². The van der Waals surface area contributed by atoms with Gasteiger partial charge < -0.3 is 5.11 Å². The fourth-order valence-corrected chi connectivity index (χ4v) is 3.60. The predicted octanol–water partition coefficient (Wildman–Crippen LogP) is 4.10. The Morgan fingerprint density at radius 2 is 1.33 bits per heavy atom. The monoisotopic (exact) mass is 214 g/mol. The van der Waals surface area contributed by atoms with Crippen LogP contribution in [0.2, 0.25) is 0 Å². The van der Waals surface area contributed by atoms with Gasteiger partial charge in [-0.2, -0.15) is 0 Å². The Balaban J connectivity index is 0.00000128. The zero-order valence-corrected chi connectivity index (χ0v) is 10.1. The third kappa shape index (κ3) is 2.96. The SMILES string of the molecule is CC1CCC(C2CCC(CO)CC2)CC1.[HH].[HH]. The van der Waals surface area contributed by atoms with E-state index in [9.17, 15) is 0 Å². The third-order valence-electron chi connectivity index (χ3n) is 4.88. The van der Waals surface area contributed by atoms with Gasteiger partial charge in [-0.1, -0.05) is 19.8 Å². The summed E-state index contributed by atoms with van der Waals surface area (Å²) in [6, 6.07) is 0. The van der Waals surface area contributed by atoms with E-state index in [4.69, 9.17) is 5.11 Å². The molecule has 0 saturated heterocycles. The van der Waals surface area contributed by atoms with Crippen molar-refractivity contribution >= 4 is 0 Å². The highest BCUT2D eigenvalue weighted by Crippen LogP contribution is 2.40. The van der Waals surface area contributed by atoms with Crippen molar-refractivity contribution in [3.8, 4) is 0 Å². The minimum Gasteiger partial charge on any atom is -0.396 e. The summed E-state index contributed by atoms with van der Waals surface area (Å²) < 4.78 is 0. The van der Waals surface area contributed by atoms with E-state index in [0.29, 0.717) is 12.5 Å². The maximum Gasteiger partial charge on any atom is 0.0459 e. The molecule has 0 spiro atoms. The highest BCUT2D eigenvalue weighted by Gasteiger charge is 2.29. The first-order valence-corrected chi connectivity index (χ1v) is 6.90. The summed E-state index contributed by atoms with van der Waals surface area (Å²) in [4.78, 5) is 0. The second kappa shape index (κ2) is 5.34. The highest BCUT2D eigenvalue weighted by atomic mass is 16.3. The molecule has 0 heterocycles. The number of rotatable bonds is 2. The fraction of sp³-hybridized carbons (Fsp3) is 1.00. The predicted molar refractivity (Wildman–Crippen MR) is 67.9 cm³/mol. The summed E-state index contributed by atoms with van der Waals surface area (Å²) >= 11 is 0. The average Bonchev–Trinajstić information content (AvgIpc) is 2.30. The van der Waals surface area contributed by atoms with Crippen molar-refractivity contribution in [2.75, 3.05) is 6.61 Å². The number of aliphatic hydroxyl groups excluding tert-OH is 1. The van der Waals surface area contributed by atoms with Crippen LogP contribution in [0, 0.1) is 23.7 Å². The van der Waals surface area contributed by atoms with E-state index >= 15 is 0 Å². The molecule has 0 unspecified atom stereocenters. The lowest BCUT2D eigenvalue weighted by Crippen LogP contribution is -2.26. The summed E-state index contributed by atoms with van der Waals surface area (Å²) in [6.07, 6.45) is 11.2. The lowest BCUT2D eigenvalue weighted by molar-refractivity contribution is 0.119. The molecule has 15 heavy (non-hydrogen) atoms. The van der Waals surface area contributed by atoms with Gasteiger partial charge in [-0.15, -0.1) is 0 Å². The van der Waals surface area contributed by atoms with Crippen LogP contribution in [0.5, 0.6) is 0 Å². The maximum absolute atomic E-state index is 9.12. The second-order valence-electron chi connectivity index (χ2n) is 5.98. The van der Waals surface area contributed by atoms with E-state index in [1.165, 1.54) is 51.4 Å². The summed E-state index contributed by atoms with van der Waals surface area (Å²) in [7, 11) is 0. The Labute approximate surface area is 97.2 Å². The topological polar surface area (TPSA) is 20.2 Å². The molecule has 0 radical (unpaired) electrons. The van der Waals surface area contributed by atoms with Crippen LogP contribution in [0.3, 0.4) is 0 Å². The van der Waals surface area contributed by atoms with Crippen LogP contribution in [-0.4, -0.2) is 11.7 Å². The molecule has 2 fully saturated rings. The summed E-state index contributed by atoms with van der Waals surface area (Å²) in [5, 5.41) is 9.12. The first-order valence-electron chi connectivity index (χ1n) is 6.90. The van der Waals surface area contributed by atoms with Gasteiger partial charge in [0, 0.05) is 9.46 Å². The van der Waals surface area contributed by atoms with Gasteiger partial charge in [0.15, 0.2) is 0 Å². The molecule has 2 aliphatic rings. The molecule has 0 aromatic carbocycles. The van der Waals surface area contributed by atoms with Crippen LogP contribution in [-0.2, 0) is 0 Å². The van der Waals surface area contributed by atoms with Crippen molar-refractivity contribution in [1.82, 2.24) is 0 Å². The van der Waals surface area contributed by atoms with Gasteiger partial charge in [-0.25, -0.2) is 0 Å². The summed E-state index contributed by atoms with van der Waals surface area (Å²) in [5.74, 6) is 3.64. The number of aliphatic hydroxyl groups is 1. The fourth-order valence-electron chi connectivity index (χ4n) is 3.60. The Hall–Kier alpha value is -0.0400. The van der Waals surface area contributed by atoms with Crippen molar-refractivity contribution in [3.63, 3.8) is 0 Å². The highest BCUT2D eigenvalue weighted by molar-refractivity contribution is 4.80. The maximum atomic E-state index is 9.12. The molecule has 0 amide bonds. The molecule has 0 aliphatic heterocycles. The van der Waals surface area contributed by atoms with Crippen molar-refractivity contribution < 1.29 is 7.96 Å². The van der Waals surface area contributed by atoms with E-state index in [1.54, 1.807) is 0 Å². The molecular formula is C14H30O. The van der Waals surface area contributed by atoms with Crippen LogP contribution in [0.15, 0.2) is 0 Å². The van der Waals surface area contributed by atoms with Crippen LogP contribution >= 0.6 is 0 Å². The van der Waals surface area contributed by atoms with Crippen molar-refractivity contribution in [2.24, 2.45) is 23.7 Å². The Morgan fingerprint density at radius 3 is 1.80 bits per heavy atom. The molecule has 0 aromatic heterocycles. The van der Waals surface area contributed by atoms with Crippen LogP contribution < -0.4 is 0 Å². The molecule has 2 aliphatic carbocycles. The van der Waals surface area contributed by atoms with Crippen LogP contribution in [0.4, 0.5) is 0 Å². The molecule has 0 bridgehead atoms. The van der Waals surface area contributed by atoms with E-state index in [0.717, 1.165) is 17.8 Å². The van der Waals surface area contributed by atoms with Gasteiger partial charge in [-0.05, 0) is 62.2 Å². The van der Waals surface area contributed by atoms with Gasteiger partial charge >= 0.3 is 0 Å². The first kappa shape index (κ1) is 11.4. The lowest BCUT2D eigenvalue weighted by atomic mass is 9.69. The van der Waals surface area contributed by atoms with E-state index < -0.39 is 0 Å². The van der Waals surface area contributed by atoms with Gasteiger partial charge in [0.2, 0.25) is 0 Å². The Morgan fingerprint density at radius 1 is 0.867 bits per heavy atom. The van der Waals surface area contributed by atoms with E-state index in [-0.39, 0.29) is 2.85 Å². The average molecular weight is 214 g/mol. The molecule has 1 N–H and O–H groups in total. The lowest BCUT2D eigenvalue weighted by Gasteiger charge is -2.36. The zero-order valence-electron chi connectivity index (χ0n) is 10.1. The van der Waals surface area contributed by atoms with Crippen molar-refractivity contribution in [1.29, 1.82) is 0 Å². The molecule has 0 aromatic rings. The van der Waals surface area contributed by atoms with Gasteiger partial charge in [0.25, 0.3) is 0 Å². The standard InChI is InChI=1S/C14H26O.2H2/c1-11-2-6-13(7-3-11)14-8-4-12(10-15)5-9-14;;/h11-15H,2-10H2,1H3;2*1H. The normalized spacial score (nSPS) is 42.8. The second-order valence-corrected chi connectivity index (χ2v) is 5.98. The first-order chi connectivity index (χ1) is 7.29. The summed E-state index contributed by atoms with van der Waals surface area (Å²) in [5.41, 5.74) is 0. The molecule has 2 rings (SSSR count). The number of hydrogen-bond donors (Lipinski definition) is 1. The molecule has 2 saturated carbocycles. The molecule has 1 nitrogen and oxygen atoms in total. The minimum atomic E-state index is 0. The van der Waals surface area contributed by atoms with Gasteiger partial charge in [-0.3, -0.25) is 0 Å². The largest absolute Gasteiger partial charge is 0.396 e. The molecular weight excluding hydrogens is 184 g/mol. The zero-order chi connectivity index (χ0) is 10.7. The Kier molecular flexibility index (Phi) is 4.07. The Bertz CT molecular complexity index is 183. The molecule has 92 valence electrons. The quantitative estimate of drug-likeness (QED) is 0.733. The molecule has 0 atom stereocenters. The van der Waals surface area contributed by atoms with E-state index in [2.05, 4.69) is 6.92 Å². The minimum absolute atomic E-state index is 0. The van der Waals surface area contributed by atoms with E-state index in [1.807, 2.05) is 0 Å². The summed E-state index contributed by atoms with van der Waals surface area (Å²) in [6.45, 7) is 2.83. The smallest absolute Gasteiger partial charge is 0.0459 e. The van der Waals surface area contributed by atoms with Gasteiger partial charge in [0.1, 0.15) is 0 Å². The molecule has 1 heteroatoms. The third-order valence-corrected chi connectivity index (χ3v) is 4.88. The van der Waals surface area contributed by atoms with Gasteiger partial charge in [0.05, 0.1) is 0 Å². The van der Waals surface area contributed by atoms with Crippen molar-refractivity contribution in [2.45, 2.75) is 58.3 Å².